The van der Waals surface area contributed by atoms with Crippen molar-refractivity contribution in [2.45, 2.75) is 32.0 Å². The number of rotatable bonds is 5. The smallest absolute Gasteiger partial charge is 0.359 e. The van der Waals surface area contributed by atoms with Crippen molar-refractivity contribution in [3.63, 3.8) is 0 Å². The van der Waals surface area contributed by atoms with Crippen LogP contribution in [0.5, 0.6) is 0 Å². The molecule has 1 saturated heterocycles. The zero-order chi connectivity index (χ0) is 23.2. The van der Waals surface area contributed by atoms with E-state index in [0.29, 0.717) is 47.7 Å². The third-order valence-corrected chi connectivity index (χ3v) is 6.90. The molecule has 5 rings (SSSR count). The zero-order valence-corrected chi connectivity index (χ0v) is 18.5. The molecule has 1 amide bonds. The molecule has 0 spiro atoms. The van der Waals surface area contributed by atoms with Crippen LogP contribution in [0.3, 0.4) is 0 Å². The quantitative estimate of drug-likeness (QED) is 0.594. The SMILES string of the molecule is Cc1ccc(-c2ncccn2)c(C(=O)N2C[C@@H]3C[C@@H]3C[C@H]2CNc2nc(C(F)(F)F)cs2)n1. The number of nitrogens with one attached hydrogen (secondary N) is 1. The molecule has 3 aromatic rings. The molecule has 0 aromatic carbocycles. The van der Waals surface area contributed by atoms with Crippen LogP contribution in [0, 0.1) is 18.8 Å². The summed E-state index contributed by atoms with van der Waals surface area (Å²) in [6, 6.07) is 5.15. The summed E-state index contributed by atoms with van der Waals surface area (Å²) in [7, 11) is 0. The van der Waals surface area contributed by atoms with Crippen molar-refractivity contribution in [2.75, 3.05) is 18.4 Å². The largest absolute Gasteiger partial charge is 0.434 e. The van der Waals surface area contributed by atoms with Gasteiger partial charge in [0.1, 0.15) is 5.69 Å². The molecule has 1 aliphatic carbocycles. The maximum atomic E-state index is 13.7. The lowest BCUT2D eigenvalue weighted by atomic mass is 10.0. The second-order valence-corrected chi connectivity index (χ2v) is 9.30. The van der Waals surface area contributed by atoms with Crippen LogP contribution in [-0.4, -0.2) is 49.9 Å². The summed E-state index contributed by atoms with van der Waals surface area (Å²) in [6.45, 7) is 2.74. The molecule has 1 aliphatic heterocycles. The first-order chi connectivity index (χ1) is 15.8. The van der Waals surface area contributed by atoms with Crippen LogP contribution in [0.25, 0.3) is 11.4 Å². The molecule has 4 heterocycles. The van der Waals surface area contributed by atoms with Crippen LogP contribution >= 0.6 is 11.3 Å². The highest BCUT2D eigenvalue weighted by Gasteiger charge is 2.47. The Morgan fingerprint density at radius 3 is 2.70 bits per heavy atom. The van der Waals surface area contributed by atoms with Gasteiger partial charge in [0, 0.05) is 42.6 Å². The maximum absolute atomic E-state index is 13.7. The second kappa shape index (κ2) is 8.36. The fourth-order valence-corrected chi connectivity index (χ4v) is 5.04. The van der Waals surface area contributed by atoms with E-state index in [9.17, 15) is 18.0 Å². The molecule has 0 radical (unpaired) electrons. The molecule has 0 unspecified atom stereocenters. The second-order valence-electron chi connectivity index (χ2n) is 8.44. The van der Waals surface area contributed by atoms with Crippen molar-refractivity contribution in [1.29, 1.82) is 0 Å². The van der Waals surface area contributed by atoms with Crippen molar-refractivity contribution in [2.24, 2.45) is 11.8 Å². The van der Waals surface area contributed by atoms with Crippen LogP contribution in [0.15, 0.2) is 36.0 Å². The number of amides is 1. The lowest BCUT2D eigenvalue weighted by molar-refractivity contribution is -0.140. The van der Waals surface area contributed by atoms with Gasteiger partial charge in [-0.2, -0.15) is 13.2 Å². The molecule has 11 heteroatoms. The number of aromatic nitrogens is 4. The number of hydrogen-bond acceptors (Lipinski definition) is 7. The average molecular weight is 475 g/mol. The topological polar surface area (TPSA) is 83.9 Å². The molecule has 2 fully saturated rings. The van der Waals surface area contributed by atoms with Crippen molar-refractivity contribution in [1.82, 2.24) is 24.8 Å². The first-order valence-corrected chi connectivity index (χ1v) is 11.5. The fraction of sp³-hybridized carbons (Fsp3) is 0.409. The highest BCUT2D eigenvalue weighted by atomic mass is 32.1. The summed E-state index contributed by atoms with van der Waals surface area (Å²) in [5.74, 6) is 1.22. The number of halogens is 3. The van der Waals surface area contributed by atoms with E-state index in [0.717, 1.165) is 29.6 Å². The minimum Gasteiger partial charge on any atom is -0.359 e. The van der Waals surface area contributed by atoms with E-state index in [1.165, 1.54) is 0 Å². The summed E-state index contributed by atoms with van der Waals surface area (Å²) >= 11 is 0.909. The van der Waals surface area contributed by atoms with Gasteiger partial charge in [0.2, 0.25) is 0 Å². The number of thiazole rings is 1. The van der Waals surface area contributed by atoms with Gasteiger partial charge in [-0.3, -0.25) is 4.79 Å². The van der Waals surface area contributed by atoms with E-state index < -0.39 is 11.9 Å². The Morgan fingerprint density at radius 1 is 1.18 bits per heavy atom. The molecule has 3 atom stereocenters. The summed E-state index contributed by atoms with van der Waals surface area (Å²) in [5.41, 5.74) is 0.645. The average Bonchev–Trinajstić information content (AvgIpc) is 3.38. The highest BCUT2D eigenvalue weighted by molar-refractivity contribution is 7.13. The third-order valence-electron chi connectivity index (χ3n) is 6.10. The lowest BCUT2D eigenvalue weighted by Crippen LogP contribution is -2.48. The number of pyridine rings is 1. The molecular formula is C22H21F3N6OS. The van der Waals surface area contributed by atoms with Gasteiger partial charge in [-0.05, 0) is 49.8 Å². The van der Waals surface area contributed by atoms with E-state index in [4.69, 9.17) is 0 Å². The third kappa shape index (κ3) is 4.54. The monoisotopic (exact) mass is 474 g/mol. The molecule has 172 valence electrons. The standard InChI is InChI=1S/C22H21F3N6OS/c1-12-3-4-16(19-26-5-2-6-27-19)18(29-12)20(32)31-10-14-7-13(14)8-15(31)9-28-21-30-17(11-33-21)22(23,24)25/h2-6,11,13-15H,7-10H2,1H3,(H,28,30)/t13-,14+,15+/m1/s1. The molecular weight excluding hydrogens is 453 g/mol. The van der Waals surface area contributed by atoms with E-state index >= 15 is 0 Å². The number of likely N-dealkylation sites (tertiary alicyclic amines) is 1. The fourth-order valence-electron chi connectivity index (χ4n) is 4.31. The van der Waals surface area contributed by atoms with Crippen molar-refractivity contribution in [3.8, 4) is 11.4 Å². The van der Waals surface area contributed by atoms with Crippen molar-refractivity contribution in [3.05, 3.63) is 53.1 Å². The van der Waals surface area contributed by atoms with Gasteiger partial charge in [-0.1, -0.05) is 0 Å². The molecule has 1 saturated carbocycles. The van der Waals surface area contributed by atoms with Gasteiger partial charge in [-0.15, -0.1) is 11.3 Å². The lowest BCUT2D eigenvalue weighted by Gasteiger charge is -2.35. The van der Waals surface area contributed by atoms with E-state index in [2.05, 4.69) is 25.3 Å². The Hall–Kier alpha value is -3.08. The number of aryl methyl sites for hydroxylation is 1. The van der Waals surface area contributed by atoms with Crippen LogP contribution in [0.4, 0.5) is 18.3 Å². The van der Waals surface area contributed by atoms with Crippen LogP contribution in [0.1, 0.15) is 34.7 Å². The normalized spacial score (nSPS) is 22.1. The Kier molecular flexibility index (Phi) is 5.51. The number of alkyl halides is 3. The Balaban J connectivity index is 1.39. The Morgan fingerprint density at radius 2 is 1.97 bits per heavy atom. The minimum absolute atomic E-state index is 0.175. The Bertz CT molecular complexity index is 1170. The number of nitrogens with zero attached hydrogens (tertiary/aromatic N) is 5. The predicted molar refractivity (Wildman–Crippen MR) is 117 cm³/mol. The van der Waals surface area contributed by atoms with Crippen molar-refractivity contribution < 1.29 is 18.0 Å². The minimum atomic E-state index is -4.47. The molecule has 0 bridgehead atoms. The van der Waals surface area contributed by atoms with Gasteiger partial charge in [0.25, 0.3) is 5.91 Å². The summed E-state index contributed by atoms with van der Waals surface area (Å²) in [6.07, 6.45) is 0.608. The molecule has 33 heavy (non-hydrogen) atoms. The van der Waals surface area contributed by atoms with E-state index in [1.807, 2.05) is 13.0 Å². The highest BCUT2D eigenvalue weighted by Crippen LogP contribution is 2.47. The maximum Gasteiger partial charge on any atom is 0.434 e. The number of hydrogen-bond donors (Lipinski definition) is 1. The van der Waals surface area contributed by atoms with Gasteiger partial charge >= 0.3 is 6.18 Å². The van der Waals surface area contributed by atoms with E-state index in [-0.39, 0.29) is 17.1 Å². The first kappa shape index (κ1) is 21.7. The number of anilines is 1. The number of fused-ring (bicyclic) bond motifs is 1. The van der Waals surface area contributed by atoms with Gasteiger partial charge in [0.05, 0.1) is 5.56 Å². The number of carbonyl (C=O) groups is 1. The molecule has 3 aromatic heterocycles. The van der Waals surface area contributed by atoms with Crippen LogP contribution in [0.2, 0.25) is 0 Å². The summed E-state index contributed by atoms with van der Waals surface area (Å²) in [4.78, 5) is 32.2. The molecule has 2 aliphatic rings. The molecule has 1 N–H and O–H groups in total. The van der Waals surface area contributed by atoms with Crippen molar-refractivity contribution >= 4 is 22.4 Å². The van der Waals surface area contributed by atoms with Gasteiger partial charge in [-0.25, -0.2) is 19.9 Å². The first-order valence-electron chi connectivity index (χ1n) is 10.6. The van der Waals surface area contributed by atoms with E-state index in [1.54, 1.807) is 29.4 Å². The van der Waals surface area contributed by atoms with Gasteiger partial charge < -0.3 is 10.2 Å². The summed E-state index contributed by atoms with van der Waals surface area (Å²) in [5, 5.41) is 4.19. The summed E-state index contributed by atoms with van der Waals surface area (Å²) < 4.78 is 38.6. The molecule has 7 nitrogen and oxygen atoms in total. The van der Waals surface area contributed by atoms with Crippen LogP contribution in [-0.2, 0) is 6.18 Å². The Labute approximate surface area is 192 Å². The zero-order valence-electron chi connectivity index (χ0n) is 17.7. The van der Waals surface area contributed by atoms with Gasteiger partial charge in [0.15, 0.2) is 16.6 Å². The predicted octanol–water partition coefficient (Wildman–Crippen LogP) is 4.29. The number of piperidine rings is 1. The number of carbonyl (C=O) groups excluding carboxylic acids is 1. The van der Waals surface area contributed by atoms with Crippen LogP contribution < -0.4 is 5.32 Å².